The van der Waals surface area contributed by atoms with E-state index in [1.165, 1.54) is 12.3 Å². The largest absolute Gasteiger partial charge is 0.480 e. The monoisotopic (exact) mass is 310 g/mol. The molecule has 1 heterocycles. The van der Waals surface area contributed by atoms with E-state index in [-0.39, 0.29) is 12.4 Å². The van der Waals surface area contributed by atoms with Gasteiger partial charge in [0, 0.05) is 12.1 Å². The van der Waals surface area contributed by atoms with Gasteiger partial charge in [-0.25, -0.2) is 13.8 Å². The summed E-state index contributed by atoms with van der Waals surface area (Å²) in [6.45, 7) is 2.11. The number of carboxylic acids is 1. The zero-order valence-electron chi connectivity index (χ0n) is 12.0. The van der Waals surface area contributed by atoms with E-state index in [1.807, 2.05) is 6.92 Å². The molecule has 0 fully saturated rings. The Kier molecular flexibility index (Phi) is 5.21. The zero-order chi connectivity index (χ0) is 16.1. The van der Waals surface area contributed by atoms with Crippen LogP contribution in [0.2, 0.25) is 0 Å². The first-order valence-electron chi connectivity index (χ1n) is 6.87. The molecule has 0 spiro atoms. The van der Waals surface area contributed by atoms with E-state index >= 15 is 0 Å². The van der Waals surface area contributed by atoms with E-state index in [2.05, 4.69) is 10.3 Å². The Morgan fingerprint density at radius 3 is 2.82 bits per heavy atom. The number of oxazole rings is 1. The van der Waals surface area contributed by atoms with Crippen LogP contribution in [-0.2, 0) is 11.3 Å². The smallest absolute Gasteiger partial charge is 0.320 e. The fourth-order valence-electron chi connectivity index (χ4n) is 1.98. The van der Waals surface area contributed by atoms with Gasteiger partial charge in [-0.3, -0.25) is 10.1 Å². The normalized spacial score (nSPS) is 12.3. The van der Waals surface area contributed by atoms with Crippen molar-refractivity contribution in [2.24, 2.45) is 0 Å². The Labute approximate surface area is 126 Å². The number of benzene rings is 1. The van der Waals surface area contributed by atoms with Crippen molar-refractivity contribution in [1.29, 1.82) is 0 Å². The average Bonchev–Trinajstić information content (AvgIpc) is 2.95. The molecule has 2 rings (SSSR count). The standard InChI is InChI=1S/C15H16F2N2O3/c1-2-3-13(15(20)21)18-7-10-8-22-14(19-10)9-4-5-11(16)12(17)6-9/h4-6,8,13,18H,2-3,7H2,1H3,(H,20,21). The lowest BCUT2D eigenvalue weighted by molar-refractivity contribution is -0.139. The maximum atomic E-state index is 13.2. The van der Waals surface area contributed by atoms with Crippen molar-refractivity contribution in [1.82, 2.24) is 10.3 Å². The Balaban J connectivity index is 2.05. The maximum absolute atomic E-state index is 13.2. The van der Waals surface area contributed by atoms with Gasteiger partial charge in [-0.15, -0.1) is 0 Å². The van der Waals surface area contributed by atoms with E-state index < -0.39 is 23.6 Å². The first-order valence-corrected chi connectivity index (χ1v) is 6.87. The van der Waals surface area contributed by atoms with Crippen molar-refractivity contribution < 1.29 is 23.1 Å². The van der Waals surface area contributed by atoms with Crippen LogP contribution in [0.15, 0.2) is 28.9 Å². The first kappa shape index (κ1) is 16.1. The molecular weight excluding hydrogens is 294 g/mol. The van der Waals surface area contributed by atoms with Gasteiger partial charge in [0.1, 0.15) is 12.3 Å². The lowest BCUT2D eigenvalue weighted by Gasteiger charge is -2.11. The van der Waals surface area contributed by atoms with E-state index in [0.717, 1.165) is 18.6 Å². The summed E-state index contributed by atoms with van der Waals surface area (Å²) < 4.78 is 31.3. The van der Waals surface area contributed by atoms with Gasteiger partial charge in [-0.05, 0) is 24.6 Å². The minimum absolute atomic E-state index is 0.151. The molecule has 0 aliphatic heterocycles. The molecule has 2 N–H and O–H groups in total. The van der Waals surface area contributed by atoms with Gasteiger partial charge >= 0.3 is 5.97 Å². The van der Waals surface area contributed by atoms with Crippen molar-refractivity contribution in [3.05, 3.63) is 41.8 Å². The summed E-state index contributed by atoms with van der Waals surface area (Å²) in [4.78, 5) is 15.2. The van der Waals surface area contributed by atoms with Gasteiger partial charge in [0.2, 0.25) is 5.89 Å². The van der Waals surface area contributed by atoms with Crippen LogP contribution < -0.4 is 5.32 Å². The molecular formula is C15H16F2N2O3. The number of hydrogen-bond acceptors (Lipinski definition) is 4. The number of halogens is 2. The van der Waals surface area contributed by atoms with Crippen LogP contribution >= 0.6 is 0 Å². The molecule has 1 aromatic heterocycles. The molecule has 7 heteroatoms. The highest BCUT2D eigenvalue weighted by atomic mass is 19.2. The molecule has 2 aromatic rings. The van der Waals surface area contributed by atoms with Crippen LogP contribution in [0.4, 0.5) is 8.78 Å². The molecule has 22 heavy (non-hydrogen) atoms. The Morgan fingerprint density at radius 2 is 2.18 bits per heavy atom. The third kappa shape index (κ3) is 3.88. The molecule has 0 amide bonds. The van der Waals surface area contributed by atoms with Crippen molar-refractivity contribution in [2.75, 3.05) is 0 Å². The lowest BCUT2D eigenvalue weighted by Crippen LogP contribution is -2.36. The summed E-state index contributed by atoms with van der Waals surface area (Å²) >= 11 is 0. The minimum atomic E-state index is -0.982. The molecule has 0 aliphatic carbocycles. The second kappa shape index (κ2) is 7.13. The van der Waals surface area contributed by atoms with Crippen molar-refractivity contribution in [3.8, 4) is 11.5 Å². The average molecular weight is 310 g/mol. The highest BCUT2D eigenvalue weighted by molar-refractivity contribution is 5.73. The summed E-state index contributed by atoms with van der Waals surface area (Å²) in [7, 11) is 0. The van der Waals surface area contributed by atoms with Gasteiger partial charge in [-0.1, -0.05) is 13.3 Å². The van der Waals surface area contributed by atoms with E-state index in [4.69, 9.17) is 9.52 Å². The van der Waals surface area contributed by atoms with E-state index in [1.54, 1.807) is 0 Å². The number of rotatable bonds is 7. The minimum Gasteiger partial charge on any atom is -0.480 e. The van der Waals surface area contributed by atoms with Crippen LogP contribution in [0, 0.1) is 11.6 Å². The van der Waals surface area contributed by atoms with Gasteiger partial charge < -0.3 is 9.52 Å². The van der Waals surface area contributed by atoms with Crippen molar-refractivity contribution in [2.45, 2.75) is 32.4 Å². The SMILES string of the molecule is CCCC(NCc1coc(-c2ccc(F)c(F)c2)n1)C(=O)O. The van der Waals surface area contributed by atoms with Crippen LogP contribution in [0.1, 0.15) is 25.5 Å². The summed E-state index contributed by atoms with van der Waals surface area (Å²) in [6, 6.07) is 2.69. The number of carboxylic acid groups (broad SMARTS) is 1. The fraction of sp³-hybridized carbons (Fsp3) is 0.333. The summed E-state index contributed by atoms with van der Waals surface area (Å²) in [5, 5.41) is 11.9. The molecule has 0 saturated heterocycles. The molecule has 1 aromatic carbocycles. The molecule has 1 unspecified atom stereocenters. The molecule has 0 radical (unpaired) electrons. The van der Waals surface area contributed by atoms with Gasteiger partial charge in [-0.2, -0.15) is 0 Å². The molecule has 0 aliphatic rings. The van der Waals surface area contributed by atoms with Gasteiger partial charge in [0.05, 0.1) is 5.69 Å². The topological polar surface area (TPSA) is 75.4 Å². The molecule has 0 saturated carbocycles. The number of hydrogen-bond donors (Lipinski definition) is 2. The maximum Gasteiger partial charge on any atom is 0.320 e. The molecule has 1 atom stereocenters. The predicted octanol–water partition coefficient (Wildman–Crippen LogP) is 2.96. The third-order valence-corrected chi connectivity index (χ3v) is 3.12. The molecule has 118 valence electrons. The number of nitrogens with zero attached hydrogens (tertiary/aromatic N) is 1. The van der Waals surface area contributed by atoms with Crippen LogP contribution in [0.5, 0.6) is 0 Å². The second-order valence-electron chi connectivity index (χ2n) is 4.83. The molecule has 5 nitrogen and oxygen atoms in total. The highest BCUT2D eigenvalue weighted by Crippen LogP contribution is 2.21. The summed E-state index contributed by atoms with van der Waals surface area (Å²) in [6.07, 6.45) is 2.60. The Bertz CT molecular complexity index is 658. The van der Waals surface area contributed by atoms with E-state index in [0.29, 0.717) is 17.7 Å². The van der Waals surface area contributed by atoms with Crippen molar-refractivity contribution >= 4 is 5.97 Å². The predicted molar refractivity (Wildman–Crippen MR) is 75.0 cm³/mol. The second-order valence-corrected chi connectivity index (χ2v) is 4.83. The Hall–Kier alpha value is -2.28. The number of aliphatic carboxylic acids is 1. The zero-order valence-corrected chi connectivity index (χ0v) is 12.0. The number of carbonyl (C=O) groups is 1. The Morgan fingerprint density at radius 1 is 1.41 bits per heavy atom. The molecule has 0 bridgehead atoms. The number of aromatic nitrogens is 1. The van der Waals surface area contributed by atoms with Gasteiger partial charge in [0.25, 0.3) is 0 Å². The van der Waals surface area contributed by atoms with Crippen LogP contribution in [-0.4, -0.2) is 22.1 Å². The van der Waals surface area contributed by atoms with E-state index in [9.17, 15) is 13.6 Å². The highest BCUT2D eigenvalue weighted by Gasteiger charge is 2.16. The third-order valence-electron chi connectivity index (χ3n) is 3.12. The van der Waals surface area contributed by atoms with Gasteiger partial charge in [0.15, 0.2) is 11.6 Å². The first-order chi connectivity index (χ1) is 10.5. The quantitative estimate of drug-likeness (QED) is 0.822. The lowest BCUT2D eigenvalue weighted by atomic mass is 10.1. The van der Waals surface area contributed by atoms with Crippen LogP contribution in [0.3, 0.4) is 0 Å². The number of nitrogens with one attached hydrogen (secondary N) is 1. The summed E-state index contributed by atoms with van der Waals surface area (Å²) in [5.74, 6) is -2.70. The fourth-order valence-corrected chi connectivity index (χ4v) is 1.98. The van der Waals surface area contributed by atoms with Crippen molar-refractivity contribution in [3.63, 3.8) is 0 Å². The van der Waals surface area contributed by atoms with Crippen LogP contribution in [0.25, 0.3) is 11.5 Å². The summed E-state index contributed by atoms with van der Waals surface area (Å²) in [5.41, 5.74) is 0.801.